The van der Waals surface area contributed by atoms with Crippen LogP contribution >= 0.6 is 0 Å². The Morgan fingerprint density at radius 1 is 1.28 bits per heavy atom. The van der Waals surface area contributed by atoms with Gasteiger partial charge in [-0.15, -0.1) is 0 Å². The Bertz CT molecular complexity index is 417. The highest BCUT2D eigenvalue weighted by atomic mass is 16.5. The van der Waals surface area contributed by atoms with E-state index in [1.807, 2.05) is 18.2 Å². The van der Waals surface area contributed by atoms with Crippen LogP contribution in [-0.4, -0.2) is 32.6 Å². The molecule has 0 aromatic heterocycles. The van der Waals surface area contributed by atoms with Crippen molar-refractivity contribution in [3.8, 4) is 5.75 Å². The summed E-state index contributed by atoms with van der Waals surface area (Å²) in [6.45, 7) is 0.287. The van der Waals surface area contributed by atoms with Crippen molar-refractivity contribution in [1.29, 1.82) is 0 Å². The topological polar surface area (TPSA) is 64.6 Å². The molecular weight excluding hydrogens is 234 g/mol. The van der Waals surface area contributed by atoms with Crippen LogP contribution in [0.15, 0.2) is 24.3 Å². The number of benzene rings is 1. The zero-order chi connectivity index (χ0) is 13.4. The van der Waals surface area contributed by atoms with Gasteiger partial charge in [-0.25, -0.2) is 0 Å². The van der Waals surface area contributed by atoms with Crippen LogP contribution in [0.5, 0.6) is 5.75 Å². The van der Waals surface area contributed by atoms with Gasteiger partial charge >= 0.3 is 5.97 Å². The lowest BCUT2D eigenvalue weighted by Crippen LogP contribution is -2.27. The summed E-state index contributed by atoms with van der Waals surface area (Å²) in [4.78, 5) is 22.4. The smallest absolute Gasteiger partial charge is 0.307 e. The number of amides is 1. The minimum absolute atomic E-state index is 0.132. The highest BCUT2D eigenvalue weighted by molar-refractivity contribution is 5.79. The third-order valence-corrected chi connectivity index (χ3v) is 2.38. The van der Waals surface area contributed by atoms with E-state index in [0.29, 0.717) is 0 Å². The van der Waals surface area contributed by atoms with E-state index in [1.54, 1.807) is 13.2 Å². The summed E-state index contributed by atoms with van der Waals surface area (Å²) in [5, 5.41) is 2.65. The summed E-state index contributed by atoms with van der Waals surface area (Å²) in [5.74, 6) is 0.249. The van der Waals surface area contributed by atoms with Crippen LogP contribution in [0.4, 0.5) is 0 Å². The van der Waals surface area contributed by atoms with Gasteiger partial charge in [-0.1, -0.05) is 12.1 Å². The van der Waals surface area contributed by atoms with Crippen molar-refractivity contribution in [1.82, 2.24) is 5.32 Å². The van der Waals surface area contributed by atoms with E-state index in [9.17, 15) is 9.59 Å². The van der Waals surface area contributed by atoms with Gasteiger partial charge in [0.25, 0.3) is 0 Å². The largest absolute Gasteiger partial charge is 0.497 e. The zero-order valence-electron chi connectivity index (χ0n) is 10.6. The first kappa shape index (κ1) is 14.0. The van der Waals surface area contributed by atoms with E-state index in [0.717, 1.165) is 11.3 Å². The standard InChI is InChI=1S/C13H17NO4/c1-17-11-5-3-4-10(8-11)9-12(15)14-7-6-13(16)18-2/h3-5,8H,6-7,9H2,1-2H3,(H,14,15). The van der Waals surface area contributed by atoms with Crippen LogP contribution < -0.4 is 10.1 Å². The van der Waals surface area contributed by atoms with Gasteiger partial charge in [0.15, 0.2) is 0 Å². The predicted octanol–water partition coefficient (Wildman–Crippen LogP) is 0.917. The first-order valence-corrected chi connectivity index (χ1v) is 5.62. The van der Waals surface area contributed by atoms with Crippen LogP contribution in [0.2, 0.25) is 0 Å². The second-order valence-corrected chi connectivity index (χ2v) is 3.70. The highest BCUT2D eigenvalue weighted by Crippen LogP contribution is 2.12. The average molecular weight is 251 g/mol. The van der Waals surface area contributed by atoms with Gasteiger partial charge in [0.05, 0.1) is 27.1 Å². The SMILES string of the molecule is COC(=O)CCNC(=O)Cc1cccc(OC)c1. The van der Waals surface area contributed by atoms with Crippen LogP contribution in [0.1, 0.15) is 12.0 Å². The van der Waals surface area contributed by atoms with Crippen LogP contribution in [0.3, 0.4) is 0 Å². The fourth-order valence-electron chi connectivity index (χ4n) is 1.44. The average Bonchev–Trinajstić information content (AvgIpc) is 2.38. The molecule has 1 aromatic rings. The lowest BCUT2D eigenvalue weighted by molar-refractivity contribution is -0.140. The quantitative estimate of drug-likeness (QED) is 0.763. The molecule has 0 bridgehead atoms. The molecule has 0 fully saturated rings. The Labute approximate surface area is 106 Å². The molecule has 1 aromatic carbocycles. The molecule has 0 aliphatic heterocycles. The number of rotatable bonds is 6. The van der Waals surface area contributed by atoms with E-state index in [4.69, 9.17) is 4.74 Å². The maximum atomic E-state index is 11.6. The van der Waals surface area contributed by atoms with E-state index >= 15 is 0 Å². The Morgan fingerprint density at radius 2 is 2.06 bits per heavy atom. The van der Waals surface area contributed by atoms with Crippen LogP contribution in [-0.2, 0) is 20.7 Å². The van der Waals surface area contributed by atoms with Gasteiger partial charge in [0, 0.05) is 6.54 Å². The minimum atomic E-state index is -0.336. The van der Waals surface area contributed by atoms with E-state index in [2.05, 4.69) is 10.1 Å². The summed E-state index contributed by atoms with van der Waals surface area (Å²) in [7, 11) is 2.90. The van der Waals surface area contributed by atoms with Crippen molar-refractivity contribution >= 4 is 11.9 Å². The molecule has 98 valence electrons. The summed E-state index contributed by atoms with van der Waals surface area (Å²) in [6.07, 6.45) is 0.443. The normalized spacial score (nSPS) is 9.67. The molecule has 5 heteroatoms. The molecule has 1 rings (SSSR count). The molecule has 0 saturated carbocycles. The van der Waals surface area contributed by atoms with Gasteiger partial charge in [-0.3, -0.25) is 9.59 Å². The minimum Gasteiger partial charge on any atom is -0.497 e. The fourth-order valence-corrected chi connectivity index (χ4v) is 1.44. The van der Waals surface area contributed by atoms with Crippen molar-refractivity contribution in [2.75, 3.05) is 20.8 Å². The van der Waals surface area contributed by atoms with E-state index in [1.165, 1.54) is 7.11 Å². The second kappa shape index (κ2) is 7.32. The molecule has 5 nitrogen and oxygen atoms in total. The molecule has 18 heavy (non-hydrogen) atoms. The maximum absolute atomic E-state index is 11.6. The zero-order valence-corrected chi connectivity index (χ0v) is 10.6. The van der Waals surface area contributed by atoms with Crippen molar-refractivity contribution in [2.24, 2.45) is 0 Å². The number of methoxy groups -OCH3 is 2. The summed E-state index contributed by atoms with van der Waals surface area (Å²) >= 11 is 0. The Hall–Kier alpha value is -2.04. The maximum Gasteiger partial charge on any atom is 0.307 e. The van der Waals surface area contributed by atoms with E-state index in [-0.39, 0.29) is 31.3 Å². The van der Waals surface area contributed by atoms with Crippen molar-refractivity contribution < 1.29 is 19.1 Å². The van der Waals surface area contributed by atoms with Crippen molar-refractivity contribution in [2.45, 2.75) is 12.8 Å². The van der Waals surface area contributed by atoms with Crippen LogP contribution in [0, 0.1) is 0 Å². The summed E-state index contributed by atoms with van der Waals surface area (Å²) in [5.41, 5.74) is 0.866. The molecule has 0 saturated heterocycles. The number of carbonyl (C=O) groups excluding carboxylic acids is 2. The Morgan fingerprint density at radius 3 is 2.72 bits per heavy atom. The lowest BCUT2D eigenvalue weighted by atomic mass is 10.1. The van der Waals surface area contributed by atoms with Gasteiger partial charge in [0.1, 0.15) is 5.75 Å². The molecule has 0 unspecified atom stereocenters. The third kappa shape index (κ3) is 4.86. The predicted molar refractivity (Wildman–Crippen MR) is 66.3 cm³/mol. The molecule has 0 heterocycles. The molecule has 0 spiro atoms. The van der Waals surface area contributed by atoms with Crippen LogP contribution in [0.25, 0.3) is 0 Å². The molecule has 1 N–H and O–H groups in total. The van der Waals surface area contributed by atoms with Crippen molar-refractivity contribution in [3.05, 3.63) is 29.8 Å². The monoisotopic (exact) mass is 251 g/mol. The fraction of sp³-hybridized carbons (Fsp3) is 0.385. The third-order valence-electron chi connectivity index (χ3n) is 2.38. The summed E-state index contributed by atoms with van der Waals surface area (Å²) < 4.78 is 9.54. The number of ether oxygens (including phenoxy) is 2. The second-order valence-electron chi connectivity index (χ2n) is 3.70. The summed E-state index contributed by atoms with van der Waals surface area (Å²) in [6, 6.07) is 7.30. The number of carbonyl (C=O) groups is 2. The molecule has 1 amide bonds. The lowest BCUT2D eigenvalue weighted by Gasteiger charge is -2.06. The number of esters is 1. The molecule has 0 radical (unpaired) electrons. The molecule has 0 aliphatic carbocycles. The molecular formula is C13H17NO4. The van der Waals surface area contributed by atoms with Gasteiger partial charge in [0.2, 0.25) is 5.91 Å². The Kier molecular flexibility index (Phi) is 5.70. The Balaban J connectivity index is 2.37. The number of nitrogens with one attached hydrogen (secondary N) is 1. The number of hydrogen-bond acceptors (Lipinski definition) is 4. The highest BCUT2D eigenvalue weighted by Gasteiger charge is 2.05. The number of hydrogen-bond donors (Lipinski definition) is 1. The van der Waals surface area contributed by atoms with Gasteiger partial charge in [-0.05, 0) is 17.7 Å². The first-order chi connectivity index (χ1) is 8.65. The van der Waals surface area contributed by atoms with E-state index < -0.39 is 0 Å². The van der Waals surface area contributed by atoms with Gasteiger partial charge in [-0.2, -0.15) is 0 Å². The molecule has 0 atom stereocenters. The van der Waals surface area contributed by atoms with Crippen molar-refractivity contribution in [3.63, 3.8) is 0 Å². The first-order valence-electron chi connectivity index (χ1n) is 5.62. The van der Waals surface area contributed by atoms with Gasteiger partial charge < -0.3 is 14.8 Å². The molecule has 0 aliphatic rings.